The second-order valence-corrected chi connectivity index (χ2v) is 6.55. The van der Waals surface area contributed by atoms with Crippen molar-refractivity contribution in [1.82, 2.24) is 9.78 Å². The highest BCUT2D eigenvalue weighted by Gasteiger charge is 2.30. The molecule has 0 saturated carbocycles. The van der Waals surface area contributed by atoms with Crippen LogP contribution >= 0.6 is 0 Å². The van der Waals surface area contributed by atoms with Crippen LogP contribution in [0.15, 0.2) is 30.3 Å². The molecular weight excluding hydrogens is 260 g/mol. The minimum absolute atomic E-state index is 0.265. The number of hydrogen-bond donors (Lipinski definition) is 0. The van der Waals surface area contributed by atoms with Crippen molar-refractivity contribution in [1.29, 1.82) is 0 Å². The van der Waals surface area contributed by atoms with E-state index in [-0.39, 0.29) is 5.78 Å². The maximum absolute atomic E-state index is 12.5. The second kappa shape index (κ2) is 5.47. The monoisotopic (exact) mass is 282 g/mol. The Kier molecular flexibility index (Phi) is 3.66. The molecule has 3 rings (SSSR count). The van der Waals surface area contributed by atoms with Crippen LogP contribution < -0.4 is 0 Å². The molecule has 1 aromatic heterocycles. The molecule has 1 atom stereocenters. The highest BCUT2D eigenvalue weighted by molar-refractivity contribution is 5.99. The molecule has 0 saturated heterocycles. The number of benzene rings is 1. The Balaban J connectivity index is 2.15. The van der Waals surface area contributed by atoms with E-state index in [0.29, 0.717) is 18.3 Å². The Labute approximate surface area is 126 Å². The van der Waals surface area contributed by atoms with Crippen molar-refractivity contribution < 1.29 is 4.79 Å². The lowest BCUT2D eigenvalue weighted by Gasteiger charge is -2.19. The van der Waals surface area contributed by atoms with Crippen molar-refractivity contribution in [3.8, 4) is 5.69 Å². The van der Waals surface area contributed by atoms with Gasteiger partial charge in [-0.25, -0.2) is 4.68 Å². The van der Waals surface area contributed by atoms with Gasteiger partial charge in [-0.1, -0.05) is 39.0 Å². The summed E-state index contributed by atoms with van der Waals surface area (Å²) in [5, 5.41) is 4.78. The van der Waals surface area contributed by atoms with Gasteiger partial charge in [0.05, 0.1) is 22.6 Å². The number of para-hydroxylation sites is 1. The molecule has 1 aliphatic carbocycles. The van der Waals surface area contributed by atoms with Crippen LogP contribution in [0.4, 0.5) is 0 Å². The van der Waals surface area contributed by atoms with Crippen molar-refractivity contribution in [2.75, 3.05) is 0 Å². The van der Waals surface area contributed by atoms with Crippen molar-refractivity contribution in [2.45, 2.75) is 40.0 Å². The second-order valence-electron chi connectivity index (χ2n) is 6.55. The van der Waals surface area contributed by atoms with Gasteiger partial charge in [-0.15, -0.1) is 0 Å². The molecule has 0 amide bonds. The van der Waals surface area contributed by atoms with Crippen LogP contribution in [0.5, 0.6) is 0 Å². The molecule has 1 unspecified atom stereocenters. The predicted octanol–water partition coefficient (Wildman–Crippen LogP) is 3.84. The summed E-state index contributed by atoms with van der Waals surface area (Å²) in [6.45, 7) is 6.49. The van der Waals surface area contributed by atoms with Gasteiger partial charge < -0.3 is 0 Å². The smallest absolute Gasteiger partial charge is 0.166 e. The minimum Gasteiger partial charge on any atom is -0.294 e. The van der Waals surface area contributed by atoms with Gasteiger partial charge in [0.2, 0.25) is 0 Å². The van der Waals surface area contributed by atoms with Crippen molar-refractivity contribution in [3.05, 3.63) is 47.3 Å². The van der Waals surface area contributed by atoms with Crippen LogP contribution in [-0.2, 0) is 12.8 Å². The number of rotatable bonds is 3. The van der Waals surface area contributed by atoms with E-state index in [2.05, 4.69) is 32.9 Å². The highest BCUT2D eigenvalue weighted by Crippen LogP contribution is 2.30. The van der Waals surface area contributed by atoms with Gasteiger partial charge in [-0.2, -0.15) is 5.10 Å². The molecule has 0 N–H and O–H groups in total. The molecular formula is C18H22N2O. The molecule has 21 heavy (non-hydrogen) atoms. The van der Waals surface area contributed by atoms with E-state index in [4.69, 9.17) is 5.10 Å². The lowest BCUT2D eigenvalue weighted by atomic mass is 9.86. The van der Waals surface area contributed by atoms with E-state index in [1.54, 1.807) is 0 Å². The fourth-order valence-corrected chi connectivity index (χ4v) is 3.15. The molecule has 3 heteroatoms. The summed E-state index contributed by atoms with van der Waals surface area (Å²) in [7, 11) is 0. The third-order valence-electron chi connectivity index (χ3n) is 4.01. The standard InChI is InChI=1S/C18H22N2O/c1-12(2)9-15-18-16(10-13(3)11-17(18)21)20(19-15)14-7-5-4-6-8-14/h4-8,12-13H,9-11H2,1-3H3. The van der Waals surface area contributed by atoms with Crippen LogP contribution in [0.1, 0.15) is 48.9 Å². The molecule has 2 aromatic rings. The first-order chi connectivity index (χ1) is 10.1. The third-order valence-corrected chi connectivity index (χ3v) is 4.01. The van der Waals surface area contributed by atoms with E-state index in [0.717, 1.165) is 35.5 Å². The Morgan fingerprint density at radius 3 is 2.62 bits per heavy atom. The molecule has 0 spiro atoms. The summed E-state index contributed by atoms with van der Waals surface area (Å²) in [4.78, 5) is 12.5. The van der Waals surface area contributed by atoms with E-state index < -0.39 is 0 Å². The first-order valence-electron chi connectivity index (χ1n) is 7.75. The summed E-state index contributed by atoms with van der Waals surface area (Å²) in [5.74, 6) is 1.16. The summed E-state index contributed by atoms with van der Waals surface area (Å²) >= 11 is 0. The van der Waals surface area contributed by atoms with E-state index in [1.807, 2.05) is 22.9 Å². The van der Waals surface area contributed by atoms with Crippen LogP contribution in [0.25, 0.3) is 5.69 Å². The average Bonchev–Trinajstić information content (AvgIpc) is 2.77. The summed E-state index contributed by atoms with van der Waals surface area (Å²) < 4.78 is 1.99. The maximum Gasteiger partial charge on any atom is 0.166 e. The van der Waals surface area contributed by atoms with E-state index >= 15 is 0 Å². The number of nitrogens with zero attached hydrogens (tertiary/aromatic N) is 2. The van der Waals surface area contributed by atoms with Crippen LogP contribution in [-0.4, -0.2) is 15.6 Å². The van der Waals surface area contributed by atoms with Gasteiger partial charge in [0.1, 0.15) is 0 Å². The molecule has 1 aliphatic rings. The van der Waals surface area contributed by atoms with Gasteiger partial charge >= 0.3 is 0 Å². The fourth-order valence-electron chi connectivity index (χ4n) is 3.15. The number of ketones is 1. The highest BCUT2D eigenvalue weighted by atomic mass is 16.1. The number of Topliss-reactive ketones (excluding diaryl/α,β-unsaturated/α-hetero) is 1. The number of carbonyl (C=O) groups is 1. The zero-order chi connectivity index (χ0) is 15.0. The first-order valence-corrected chi connectivity index (χ1v) is 7.75. The Bertz CT molecular complexity index is 655. The number of hydrogen-bond acceptors (Lipinski definition) is 2. The summed E-state index contributed by atoms with van der Waals surface area (Å²) in [5.41, 5.74) is 4.01. The van der Waals surface area contributed by atoms with Crippen LogP contribution in [0.2, 0.25) is 0 Å². The zero-order valence-corrected chi connectivity index (χ0v) is 13.0. The molecule has 0 bridgehead atoms. The predicted molar refractivity (Wildman–Crippen MR) is 83.9 cm³/mol. The van der Waals surface area contributed by atoms with Gasteiger partial charge in [-0.3, -0.25) is 4.79 Å². The fraction of sp³-hybridized carbons (Fsp3) is 0.444. The zero-order valence-electron chi connectivity index (χ0n) is 13.0. The molecule has 0 fully saturated rings. The molecule has 3 nitrogen and oxygen atoms in total. The largest absolute Gasteiger partial charge is 0.294 e. The molecule has 0 aliphatic heterocycles. The average molecular weight is 282 g/mol. The van der Waals surface area contributed by atoms with Gasteiger partial charge in [-0.05, 0) is 36.8 Å². The maximum atomic E-state index is 12.5. The van der Waals surface area contributed by atoms with Crippen molar-refractivity contribution in [3.63, 3.8) is 0 Å². The number of aromatic nitrogens is 2. The lowest BCUT2D eigenvalue weighted by Crippen LogP contribution is -2.20. The normalized spacial score (nSPS) is 18.1. The lowest BCUT2D eigenvalue weighted by molar-refractivity contribution is 0.0951. The Hall–Kier alpha value is -1.90. The van der Waals surface area contributed by atoms with E-state index in [9.17, 15) is 4.79 Å². The SMILES string of the molecule is CC(C)Cc1nn(-c2ccccc2)c2c1C(=O)CC(C)C2. The van der Waals surface area contributed by atoms with Gasteiger partial charge in [0, 0.05) is 6.42 Å². The molecule has 1 heterocycles. The molecule has 110 valence electrons. The van der Waals surface area contributed by atoms with E-state index in [1.165, 1.54) is 0 Å². The quantitative estimate of drug-likeness (QED) is 0.857. The molecule has 0 radical (unpaired) electrons. The molecule has 1 aromatic carbocycles. The first kappa shape index (κ1) is 14.1. The summed E-state index contributed by atoms with van der Waals surface area (Å²) in [6, 6.07) is 10.1. The Morgan fingerprint density at radius 2 is 1.95 bits per heavy atom. The van der Waals surface area contributed by atoms with Crippen molar-refractivity contribution >= 4 is 5.78 Å². The minimum atomic E-state index is 0.265. The third kappa shape index (κ3) is 2.65. The topological polar surface area (TPSA) is 34.9 Å². The number of fused-ring (bicyclic) bond motifs is 1. The van der Waals surface area contributed by atoms with Gasteiger partial charge in [0.25, 0.3) is 0 Å². The van der Waals surface area contributed by atoms with Crippen LogP contribution in [0.3, 0.4) is 0 Å². The van der Waals surface area contributed by atoms with Crippen LogP contribution in [0, 0.1) is 11.8 Å². The van der Waals surface area contributed by atoms with Gasteiger partial charge in [0.15, 0.2) is 5.78 Å². The summed E-state index contributed by atoms with van der Waals surface area (Å²) in [6.07, 6.45) is 2.45. The van der Waals surface area contributed by atoms with Crippen molar-refractivity contribution in [2.24, 2.45) is 11.8 Å². The Morgan fingerprint density at radius 1 is 1.24 bits per heavy atom. The number of carbonyl (C=O) groups excluding carboxylic acids is 1.